The number of nitrogens with one attached hydrogen (secondary N) is 1. The minimum atomic E-state index is -0.566. The summed E-state index contributed by atoms with van der Waals surface area (Å²) in [5, 5.41) is 2.81. The van der Waals surface area contributed by atoms with Crippen molar-refractivity contribution in [1.29, 1.82) is 0 Å². The molecule has 0 radical (unpaired) electrons. The zero-order valence-electron chi connectivity index (χ0n) is 14.9. The van der Waals surface area contributed by atoms with Gasteiger partial charge in [0.15, 0.2) is 6.61 Å². The molecule has 5 heteroatoms. The number of esters is 1. The number of ketones is 1. The zero-order valence-corrected chi connectivity index (χ0v) is 14.9. The number of Topliss-reactive ketones (excluding diaryl/α,β-unsaturated/α-hetero) is 1. The van der Waals surface area contributed by atoms with Crippen molar-refractivity contribution in [3.05, 3.63) is 64.7 Å². The van der Waals surface area contributed by atoms with Gasteiger partial charge in [0.1, 0.15) is 0 Å². The van der Waals surface area contributed by atoms with Crippen molar-refractivity contribution in [2.45, 2.75) is 26.7 Å². The van der Waals surface area contributed by atoms with E-state index in [-0.39, 0.29) is 24.2 Å². The van der Waals surface area contributed by atoms with E-state index in [1.807, 2.05) is 26.0 Å². The summed E-state index contributed by atoms with van der Waals surface area (Å²) in [7, 11) is 0. The number of carbonyl (C=O) groups is 3. The molecule has 134 valence electrons. The predicted octanol–water partition coefficient (Wildman–Crippen LogP) is 3.69. The van der Waals surface area contributed by atoms with Gasteiger partial charge in [-0.15, -0.1) is 0 Å². The van der Waals surface area contributed by atoms with Crippen molar-refractivity contribution < 1.29 is 19.1 Å². The maximum atomic E-state index is 12.3. The molecule has 26 heavy (non-hydrogen) atoms. The van der Waals surface area contributed by atoms with Crippen LogP contribution in [-0.4, -0.2) is 24.3 Å². The van der Waals surface area contributed by atoms with E-state index in [0.717, 1.165) is 24.0 Å². The Morgan fingerprint density at radius 3 is 2.38 bits per heavy atom. The van der Waals surface area contributed by atoms with Gasteiger partial charge in [0, 0.05) is 17.2 Å². The van der Waals surface area contributed by atoms with Gasteiger partial charge in [-0.3, -0.25) is 9.59 Å². The lowest BCUT2D eigenvalue weighted by Gasteiger charge is -2.08. The summed E-state index contributed by atoms with van der Waals surface area (Å²) in [6, 6.07) is 12.1. The fourth-order valence-electron chi connectivity index (χ4n) is 2.61. The number of carbonyl (C=O) groups excluding carboxylic acids is 3. The number of aryl methyl sites for hydroxylation is 2. The summed E-state index contributed by atoms with van der Waals surface area (Å²) >= 11 is 0. The van der Waals surface area contributed by atoms with Crippen molar-refractivity contribution in [1.82, 2.24) is 0 Å². The summed E-state index contributed by atoms with van der Waals surface area (Å²) in [5.41, 5.74) is 3.38. The maximum Gasteiger partial charge on any atom is 0.338 e. The topological polar surface area (TPSA) is 72.5 Å². The molecule has 1 aliphatic rings. The lowest BCUT2D eigenvalue weighted by molar-refractivity contribution is -0.117. The van der Waals surface area contributed by atoms with Crippen molar-refractivity contribution in [3.8, 4) is 0 Å². The van der Waals surface area contributed by atoms with E-state index in [0.29, 0.717) is 16.8 Å². The summed E-state index contributed by atoms with van der Waals surface area (Å²) in [6.45, 7) is 3.46. The van der Waals surface area contributed by atoms with Gasteiger partial charge in [0.2, 0.25) is 11.7 Å². The average Bonchev–Trinajstić information content (AvgIpc) is 3.47. The smallest absolute Gasteiger partial charge is 0.338 e. The van der Waals surface area contributed by atoms with Crippen LogP contribution in [0.1, 0.15) is 44.7 Å². The molecule has 1 aliphatic carbocycles. The second kappa shape index (κ2) is 7.52. The van der Waals surface area contributed by atoms with Gasteiger partial charge in [-0.2, -0.15) is 0 Å². The molecule has 0 aromatic heterocycles. The van der Waals surface area contributed by atoms with Crippen LogP contribution in [0.2, 0.25) is 0 Å². The first-order chi connectivity index (χ1) is 12.4. The standard InChI is InChI=1S/C21H21NO4/c1-13-3-4-14(2)18(11-13)19(23)12-26-21(25)16-7-9-17(10-8-16)22-20(24)15-5-6-15/h3-4,7-11,15H,5-6,12H2,1-2H3,(H,22,24). The molecule has 0 saturated heterocycles. The summed E-state index contributed by atoms with van der Waals surface area (Å²) in [5.74, 6) is -0.660. The van der Waals surface area contributed by atoms with Crippen LogP contribution in [0.25, 0.3) is 0 Å². The molecule has 0 spiro atoms. The first kappa shape index (κ1) is 17.9. The number of rotatable bonds is 6. The van der Waals surface area contributed by atoms with E-state index in [4.69, 9.17) is 4.74 Å². The molecule has 2 aromatic carbocycles. The van der Waals surface area contributed by atoms with E-state index in [2.05, 4.69) is 5.32 Å². The van der Waals surface area contributed by atoms with E-state index in [9.17, 15) is 14.4 Å². The fraction of sp³-hybridized carbons (Fsp3) is 0.286. The molecule has 1 N–H and O–H groups in total. The highest BCUT2D eigenvalue weighted by molar-refractivity contribution is 6.00. The van der Waals surface area contributed by atoms with Gasteiger partial charge >= 0.3 is 5.97 Å². The van der Waals surface area contributed by atoms with Gasteiger partial charge in [-0.05, 0) is 62.6 Å². The van der Waals surface area contributed by atoms with E-state index >= 15 is 0 Å². The summed E-state index contributed by atoms with van der Waals surface area (Å²) < 4.78 is 5.13. The Labute approximate surface area is 152 Å². The first-order valence-electron chi connectivity index (χ1n) is 8.62. The molecule has 1 fully saturated rings. The number of benzene rings is 2. The normalized spacial score (nSPS) is 13.2. The molecule has 0 heterocycles. The van der Waals surface area contributed by atoms with Crippen molar-refractivity contribution >= 4 is 23.3 Å². The lowest BCUT2D eigenvalue weighted by Crippen LogP contribution is -2.16. The minimum absolute atomic E-state index is 0.0134. The van der Waals surface area contributed by atoms with Gasteiger partial charge < -0.3 is 10.1 Å². The molecule has 0 bridgehead atoms. The molecule has 0 unspecified atom stereocenters. The molecular weight excluding hydrogens is 330 g/mol. The van der Waals surface area contributed by atoms with Crippen LogP contribution < -0.4 is 5.32 Å². The Hall–Kier alpha value is -2.95. The first-order valence-corrected chi connectivity index (χ1v) is 8.62. The van der Waals surface area contributed by atoms with Crippen molar-refractivity contribution in [2.75, 3.05) is 11.9 Å². The Bertz CT molecular complexity index is 851. The second-order valence-corrected chi connectivity index (χ2v) is 6.66. The number of hydrogen-bond acceptors (Lipinski definition) is 4. The molecule has 2 aromatic rings. The van der Waals surface area contributed by atoms with Gasteiger partial charge in [0.05, 0.1) is 5.56 Å². The van der Waals surface area contributed by atoms with Gasteiger partial charge in [-0.25, -0.2) is 4.79 Å². The largest absolute Gasteiger partial charge is 0.454 e. The van der Waals surface area contributed by atoms with Crippen LogP contribution in [0.15, 0.2) is 42.5 Å². The maximum absolute atomic E-state index is 12.3. The number of hydrogen-bond donors (Lipinski definition) is 1. The van der Waals surface area contributed by atoms with Crippen LogP contribution >= 0.6 is 0 Å². The third-order valence-corrected chi connectivity index (χ3v) is 4.36. The van der Waals surface area contributed by atoms with Crippen molar-refractivity contribution in [2.24, 2.45) is 5.92 Å². The molecule has 1 amide bonds. The summed E-state index contributed by atoms with van der Waals surface area (Å²) in [4.78, 5) is 36.1. The molecule has 3 rings (SSSR count). The summed E-state index contributed by atoms with van der Waals surface area (Å²) in [6.07, 6.45) is 1.87. The predicted molar refractivity (Wildman–Crippen MR) is 98.3 cm³/mol. The Kier molecular flexibility index (Phi) is 5.16. The molecular formula is C21H21NO4. The highest BCUT2D eigenvalue weighted by Crippen LogP contribution is 2.30. The minimum Gasteiger partial charge on any atom is -0.454 e. The van der Waals surface area contributed by atoms with Crippen LogP contribution in [0, 0.1) is 19.8 Å². The highest BCUT2D eigenvalue weighted by Gasteiger charge is 2.29. The van der Waals surface area contributed by atoms with Crippen LogP contribution in [0.3, 0.4) is 0 Å². The Morgan fingerprint density at radius 2 is 1.73 bits per heavy atom. The second-order valence-electron chi connectivity index (χ2n) is 6.66. The fourth-order valence-corrected chi connectivity index (χ4v) is 2.61. The van der Waals surface area contributed by atoms with Crippen LogP contribution in [0.4, 0.5) is 5.69 Å². The molecule has 0 atom stereocenters. The van der Waals surface area contributed by atoms with E-state index in [1.54, 1.807) is 30.3 Å². The average molecular weight is 351 g/mol. The third kappa shape index (κ3) is 4.36. The Morgan fingerprint density at radius 1 is 1.04 bits per heavy atom. The molecule has 0 aliphatic heterocycles. The number of anilines is 1. The monoisotopic (exact) mass is 351 g/mol. The SMILES string of the molecule is Cc1ccc(C)c(C(=O)COC(=O)c2ccc(NC(=O)C3CC3)cc2)c1. The lowest BCUT2D eigenvalue weighted by atomic mass is 10.0. The number of ether oxygens (including phenoxy) is 1. The molecule has 1 saturated carbocycles. The quantitative estimate of drug-likeness (QED) is 0.636. The third-order valence-electron chi connectivity index (χ3n) is 4.36. The van der Waals surface area contributed by atoms with Gasteiger partial charge in [-0.1, -0.05) is 17.7 Å². The van der Waals surface area contributed by atoms with E-state index in [1.165, 1.54) is 0 Å². The molecule has 5 nitrogen and oxygen atoms in total. The van der Waals surface area contributed by atoms with Crippen LogP contribution in [0.5, 0.6) is 0 Å². The van der Waals surface area contributed by atoms with Gasteiger partial charge in [0.25, 0.3) is 0 Å². The Balaban J connectivity index is 1.56. The number of amides is 1. The van der Waals surface area contributed by atoms with Crippen LogP contribution in [-0.2, 0) is 9.53 Å². The highest BCUT2D eigenvalue weighted by atomic mass is 16.5. The van der Waals surface area contributed by atoms with Crippen molar-refractivity contribution in [3.63, 3.8) is 0 Å². The van der Waals surface area contributed by atoms with E-state index < -0.39 is 5.97 Å². The zero-order chi connectivity index (χ0) is 18.7.